The molecule has 2 nitrogen and oxygen atoms in total. The van der Waals surface area contributed by atoms with Gasteiger partial charge in [-0.1, -0.05) is 19.3 Å². The molecule has 76 valence electrons. The minimum atomic E-state index is -0.659. The van der Waals surface area contributed by atoms with E-state index in [0.29, 0.717) is 0 Å². The van der Waals surface area contributed by atoms with Crippen molar-refractivity contribution in [3.05, 3.63) is 0 Å². The van der Waals surface area contributed by atoms with Crippen LogP contribution in [-0.4, -0.2) is 22.9 Å². The van der Waals surface area contributed by atoms with E-state index in [2.05, 4.69) is 18.8 Å². The van der Waals surface area contributed by atoms with E-state index < -0.39 is 11.5 Å². The Hall–Kier alpha value is -0.520. The number of unbranched alkanes of at least 4 members (excludes halogenated alkanes) is 2. The Morgan fingerprint density at radius 3 is 2.46 bits per heavy atom. The summed E-state index contributed by atoms with van der Waals surface area (Å²) in [4.78, 5) is 0. The fraction of sp³-hybridized carbons (Fsp3) is 0.818. The summed E-state index contributed by atoms with van der Waals surface area (Å²) in [5.41, 5.74) is -0.659. The van der Waals surface area contributed by atoms with Gasteiger partial charge in [0.15, 0.2) is 0 Å². The third kappa shape index (κ3) is 4.31. The van der Waals surface area contributed by atoms with Crippen LogP contribution in [0.2, 0.25) is 0 Å². The summed E-state index contributed by atoms with van der Waals surface area (Å²) in [6.07, 6.45) is 2.46. The van der Waals surface area contributed by atoms with E-state index in [-0.39, 0.29) is 6.61 Å². The maximum atomic E-state index is 9.37. The quantitative estimate of drug-likeness (QED) is 0.514. The lowest BCUT2D eigenvalue weighted by atomic mass is 9.86. The first-order valence-corrected chi connectivity index (χ1v) is 4.85. The molecule has 2 heteroatoms. The minimum Gasteiger partial charge on any atom is -0.395 e. The molecule has 0 radical (unpaired) electrons. The Balaban J connectivity index is 4.15. The van der Waals surface area contributed by atoms with Gasteiger partial charge in [0.2, 0.25) is 0 Å². The van der Waals surface area contributed by atoms with Gasteiger partial charge < -0.3 is 10.2 Å². The van der Waals surface area contributed by atoms with E-state index >= 15 is 0 Å². The monoisotopic (exact) mass is 184 g/mol. The second-order valence-electron chi connectivity index (χ2n) is 3.66. The minimum absolute atomic E-state index is 0.0935. The topological polar surface area (TPSA) is 40.5 Å². The molecule has 0 aliphatic rings. The number of aliphatic hydroxyl groups is 2. The molecule has 0 amide bonds. The number of aliphatic hydroxyl groups excluding tert-OH is 2. The summed E-state index contributed by atoms with van der Waals surface area (Å²) in [5.74, 6) is 5.92. The maximum Gasteiger partial charge on any atom is 0.0772 e. The molecule has 0 bridgehead atoms. The second-order valence-corrected chi connectivity index (χ2v) is 3.66. The van der Waals surface area contributed by atoms with E-state index in [9.17, 15) is 5.11 Å². The molecule has 13 heavy (non-hydrogen) atoms. The average Bonchev–Trinajstić information content (AvgIpc) is 2.12. The first kappa shape index (κ1) is 12.5. The van der Waals surface area contributed by atoms with Crippen LogP contribution in [0.3, 0.4) is 0 Å². The van der Waals surface area contributed by atoms with Crippen molar-refractivity contribution < 1.29 is 10.2 Å². The zero-order valence-electron chi connectivity index (χ0n) is 8.80. The van der Waals surface area contributed by atoms with Crippen LogP contribution in [0.1, 0.15) is 40.0 Å². The normalized spacial score (nSPS) is 17.0. The molecule has 0 aromatic heterocycles. The van der Waals surface area contributed by atoms with Crippen LogP contribution in [0, 0.1) is 17.3 Å². The molecule has 0 saturated carbocycles. The molecule has 0 aromatic rings. The van der Waals surface area contributed by atoms with Crippen LogP contribution < -0.4 is 0 Å². The first-order chi connectivity index (χ1) is 6.06. The van der Waals surface area contributed by atoms with Gasteiger partial charge in [-0.2, -0.15) is 0 Å². The molecular weight excluding hydrogens is 164 g/mol. The van der Waals surface area contributed by atoms with Crippen LogP contribution in [0.25, 0.3) is 0 Å². The highest BCUT2D eigenvalue weighted by Gasteiger charge is 2.26. The lowest BCUT2D eigenvalue weighted by molar-refractivity contribution is 0.0473. The van der Waals surface area contributed by atoms with Crippen LogP contribution >= 0.6 is 0 Å². The predicted octanol–water partition coefficient (Wildman–Crippen LogP) is 1.56. The van der Waals surface area contributed by atoms with E-state index in [1.165, 1.54) is 0 Å². The summed E-state index contributed by atoms with van der Waals surface area (Å²) in [7, 11) is 0. The van der Waals surface area contributed by atoms with E-state index in [4.69, 9.17) is 5.11 Å². The summed E-state index contributed by atoms with van der Waals surface area (Å²) in [6.45, 7) is 5.45. The Labute approximate surface area is 81.0 Å². The fourth-order valence-corrected chi connectivity index (χ4v) is 0.806. The van der Waals surface area contributed by atoms with Crippen molar-refractivity contribution in [2.75, 3.05) is 6.61 Å². The molecule has 0 rings (SSSR count). The van der Waals surface area contributed by atoms with Crippen molar-refractivity contribution in [2.45, 2.75) is 46.1 Å². The maximum absolute atomic E-state index is 9.37. The zero-order chi connectivity index (χ0) is 10.3. The molecule has 0 spiro atoms. The fourth-order valence-electron chi connectivity index (χ4n) is 0.806. The highest BCUT2D eigenvalue weighted by molar-refractivity contribution is 5.12. The standard InChI is InChI=1S/C11H20O2/c1-4-5-6-7-8-11(3,9-12)10(2)13/h10,12-13H,4-6,9H2,1-3H3/t10-,11+/m0/s1. The van der Waals surface area contributed by atoms with Gasteiger partial charge >= 0.3 is 0 Å². The van der Waals surface area contributed by atoms with Crippen LogP contribution in [-0.2, 0) is 0 Å². The molecule has 2 atom stereocenters. The smallest absolute Gasteiger partial charge is 0.0772 e. The van der Waals surface area contributed by atoms with Crippen LogP contribution in [0.15, 0.2) is 0 Å². The Morgan fingerprint density at radius 1 is 1.46 bits per heavy atom. The largest absolute Gasteiger partial charge is 0.395 e. The summed E-state index contributed by atoms with van der Waals surface area (Å²) in [5, 5.41) is 18.4. The lowest BCUT2D eigenvalue weighted by Crippen LogP contribution is -2.32. The van der Waals surface area contributed by atoms with E-state index in [1.54, 1.807) is 13.8 Å². The van der Waals surface area contributed by atoms with Crippen molar-refractivity contribution in [1.82, 2.24) is 0 Å². The summed E-state index contributed by atoms with van der Waals surface area (Å²) in [6, 6.07) is 0. The summed E-state index contributed by atoms with van der Waals surface area (Å²) >= 11 is 0. The van der Waals surface area contributed by atoms with Crippen molar-refractivity contribution in [1.29, 1.82) is 0 Å². The third-order valence-corrected chi connectivity index (χ3v) is 2.28. The molecule has 0 aliphatic carbocycles. The Bertz CT molecular complexity index is 188. The number of rotatable bonds is 4. The van der Waals surface area contributed by atoms with Gasteiger partial charge in [-0.05, 0) is 20.3 Å². The van der Waals surface area contributed by atoms with Gasteiger partial charge in [0.05, 0.1) is 18.1 Å². The highest BCUT2D eigenvalue weighted by Crippen LogP contribution is 2.19. The van der Waals surface area contributed by atoms with Gasteiger partial charge in [0.25, 0.3) is 0 Å². The van der Waals surface area contributed by atoms with Crippen molar-refractivity contribution in [3.63, 3.8) is 0 Å². The molecule has 0 aromatic carbocycles. The molecule has 0 aliphatic heterocycles. The van der Waals surface area contributed by atoms with Crippen molar-refractivity contribution in [3.8, 4) is 11.8 Å². The molecule has 0 heterocycles. The van der Waals surface area contributed by atoms with E-state index in [1.807, 2.05) is 0 Å². The lowest BCUT2D eigenvalue weighted by Gasteiger charge is -2.23. The number of hydrogen-bond donors (Lipinski definition) is 2. The van der Waals surface area contributed by atoms with E-state index in [0.717, 1.165) is 19.3 Å². The molecule has 0 fully saturated rings. The molecule has 0 unspecified atom stereocenters. The van der Waals surface area contributed by atoms with Gasteiger partial charge in [-0.3, -0.25) is 0 Å². The average molecular weight is 184 g/mol. The molecule has 2 N–H and O–H groups in total. The van der Waals surface area contributed by atoms with Gasteiger partial charge in [0, 0.05) is 6.42 Å². The van der Waals surface area contributed by atoms with Gasteiger partial charge in [0.1, 0.15) is 0 Å². The van der Waals surface area contributed by atoms with Crippen LogP contribution in [0.5, 0.6) is 0 Å². The SMILES string of the molecule is CCCCC#C[C@](C)(CO)[C@H](C)O. The second kappa shape index (κ2) is 6.01. The predicted molar refractivity (Wildman–Crippen MR) is 54.2 cm³/mol. The third-order valence-electron chi connectivity index (χ3n) is 2.28. The van der Waals surface area contributed by atoms with Crippen LogP contribution in [0.4, 0.5) is 0 Å². The Kier molecular flexibility index (Phi) is 5.77. The molecule has 0 saturated heterocycles. The first-order valence-electron chi connectivity index (χ1n) is 4.85. The van der Waals surface area contributed by atoms with Gasteiger partial charge in [-0.15, -0.1) is 5.92 Å². The van der Waals surface area contributed by atoms with Crippen molar-refractivity contribution >= 4 is 0 Å². The highest BCUT2D eigenvalue weighted by atomic mass is 16.3. The van der Waals surface area contributed by atoms with Gasteiger partial charge in [-0.25, -0.2) is 0 Å². The summed E-state index contributed by atoms with van der Waals surface area (Å²) < 4.78 is 0. The molecular formula is C11H20O2. The zero-order valence-corrected chi connectivity index (χ0v) is 8.80. The number of hydrogen-bond acceptors (Lipinski definition) is 2. The Morgan fingerprint density at radius 2 is 2.08 bits per heavy atom. The van der Waals surface area contributed by atoms with Crippen molar-refractivity contribution in [2.24, 2.45) is 5.41 Å².